The van der Waals surface area contributed by atoms with Crippen molar-refractivity contribution in [3.05, 3.63) is 29.3 Å². The van der Waals surface area contributed by atoms with E-state index in [1.54, 1.807) is 0 Å². The Morgan fingerprint density at radius 2 is 1.71 bits per heavy atom. The van der Waals surface area contributed by atoms with E-state index in [1.165, 1.54) is 17.0 Å². The number of aliphatic hydroxyl groups excluding tert-OH is 1. The van der Waals surface area contributed by atoms with Crippen LogP contribution in [0.25, 0.3) is 0 Å². The summed E-state index contributed by atoms with van der Waals surface area (Å²) in [5.74, 6) is -0.683. The van der Waals surface area contributed by atoms with Gasteiger partial charge in [-0.05, 0) is 44.0 Å². The van der Waals surface area contributed by atoms with Crippen molar-refractivity contribution in [3.8, 4) is 0 Å². The molecule has 0 heterocycles. The Hall–Kier alpha value is -1.20. The largest absolute Gasteiger partial charge is 0.395 e. The molecule has 0 saturated heterocycles. The minimum absolute atomic E-state index is 0.0633. The average Bonchev–Trinajstić information content (AvgIpc) is 2.36. The topological polar surface area (TPSA) is 35.5 Å². The first-order valence-corrected chi connectivity index (χ1v) is 7.43. The van der Waals surface area contributed by atoms with E-state index in [1.807, 2.05) is 13.8 Å². The summed E-state index contributed by atoms with van der Waals surface area (Å²) in [7, 11) is 0. The SMILES string of the molecule is CC(C)CNCc1cc(F)c(N(CCO)C(C)C)c(F)c1. The summed E-state index contributed by atoms with van der Waals surface area (Å²) in [5, 5.41) is 12.2. The number of anilines is 1. The van der Waals surface area contributed by atoms with Gasteiger partial charge in [0.25, 0.3) is 0 Å². The fourth-order valence-corrected chi connectivity index (χ4v) is 2.24. The molecule has 1 rings (SSSR count). The minimum Gasteiger partial charge on any atom is -0.395 e. The van der Waals surface area contributed by atoms with Gasteiger partial charge < -0.3 is 15.3 Å². The maximum atomic E-state index is 14.2. The van der Waals surface area contributed by atoms with Crippen LogP contribution in [0.1, 0.15) is 33.3 Å². The predicted octanol–water partition coefficient (Wildman–Crippen LogP) is 2.92. The van der Waals surface area contributed by atoms with Gasteiger partial charge in [0.05, 0.1) is 6.61 Å². The van der Waals surface area contributed by atoms with Crippen molar-refractivity contribution < 1.29 is 13.9 Å². The van der Waals surface area contributed by atoms with Gasteiger partial charge in [-0.15, -0.1) is 0 Å². The zero-order valence-electron chi connectivity index (χ0n) is 13.3. The molecule has 21 heavy (non-hydrogen) atoms. The Balaban J connectivity index is 2.93. The highest BCUT2D eigenvalue weighted by atomic mass is 19.1. The van der Waals surface area contributed by atoms with Crippen LogP contribution in [0.4, 0.5) is 14.5 Å². The quantitative estimate of drug-likeness (QED) is 0.775. The Kier molecular flexibility index (Phi) is 7.05. The second-order valence-electron chi connectivity index (χ2n) is 5.94. The Bertz CT molecular complexity index is 427. The van der Waals surface area contributed by atoms with Crippen LogP contribution in [-0.4, -0.2) is 30.8 Å². The van der Waals surface area contributed by atoms with E-state index in [2.05, 4.69) is 19.2 Å². The maximum Gasteiger partial charge on any atom is 0.149 e. The molecule has 0 aliphatic rings. The standard InChI is InChI=1S/C16H26F2N2O/c1-11(2)9-19-10-13-7-14(17)16(15(18)8-13)20(5-6-21)12(3)4/h7-8,11-12,19,21H,5-6,9-10H2,1-4H3. The molecule has 0 unspecified atom stereocenters. The summed E-state index contributed by atoms with van der Waals surface area (Å²) >= 11 is 0. The van der Waals surface area contributed by atoms with Crippen molar-refractivity contribution in [2.45, 2.75) is 40.3 Å². The van der Waals surface area contributed by atoms with Crippen LogP contribution in [0.2, 0.25) is 0 Å². The van der Waals surface area contributed by atoms with Crippen molar-refractivity contribution in [2.24, 2.45) is 5.92 Å². The third kappa shape index (κ3) is 5.25. The molecule has 0 spiro atoms. The first-order valence-electron chi connectivity index (χ1n) is 7.43. The molecule has 0 aliphatic carbocycles. The van der Waals surface area contributed by atoms with Gasteiger partial charge in [-0.1, -0.05) is 13.8 Å². The van der Waals surface area contributed by atoms with Crippen LogP contribution in [0.5, 0.6) is 0 Å². The smallest absolute Gasteiger partial charge is 0.149 e. The molecule has 3 nitrogen and oxygen atoms in total. The van der Waals surface area contributed by atoms with Gasteiger partial charge in [-0.3, -0.25) is 0 Å². The molecule has 1 aromatic carbocycles. The van der Waals surface area contributed by atoms with E-state index in [4.69, 9.17) is 5.11 Å². The Morgan fingerprint density at radius 3 is 2.14 bits per heavy atom. The number of aliphatic hydroxyl groups is 1. The van der Waals surface area contributed by atoms with E-state index >= 15 is 0 Å². The summed E-state index contributed by atoms with van der Waals surface area (Å²) in [6.07, 6.45) is 0. The molecule has 0 aromatic heterocycles. The van der Waals surface area contributed by atoms with Crippen LogP contribution in [-0.2, 0) is 6.54 Å². The predicted molar refractivity (Wildman–Crippen MR) is 82.5 cm³/mol. The summed E-state index contributed by atoms with van der Waals surface area (Å²) in [4.78, 5) is 1.54. The van der Waals surface area contributed by atoms with Crippen molar-refractivity contribution in [1.82, 2.24) is 5.32 Å². The van der Waals surface area contributed by atoms with Crippen LogP contribution < -0.4 is 10.2 Å². The van der Waals surface area contributed by atoms with Gasteiger partial charge in [0.1, 0.15) is 17.3 Å². The van der Waals surface area contributed by atoms with E-state index in [9.17, 15) is 8.78 Å². The van der Waals surface area contributed by atoms with Crippen LogP contribution in [0.3, 0.4) is 0 Å². The highest BCUT2D eigenvalue weighted by molar-refractivity contribution is 5.51. The van der Waals surface area contributed by atoms with Crippen LogP contribution in [0, 0.1) is 17.6 Å². The highest BCUT2D eigenvalue weighted by Crippen LogP contribution is 2.26. The van der Waals surface area contributed by atoms with Gasteiger partial charge in [0.2, 0.25) is 0 Å². The van der Waals surface area contributed by atoms with Crippen molar-refractivity contribution in [1.29, 1.82) is 0 Å². The number of hydrogen-bond donors (Lipinski definition) is 2. The zero-order chi connectivity index (χ0) is 16.0. The molecular formula is C16H26F2N2O. The molecule has 2 N–H and O–H groups in total. The third-order valence-corrected chi connectivity index (χ3v) is 3.21. The highest BCUT2D eigenvalue weighted by Gasteiger charge is 2.20. The fraction of sp³-hybridized carbons (Fsp3) is 0.625. The molecule has 0 amide bonds. The monoisotopic (exact) mass is 300 g/mol. The number of benzene rings is 1. The van der Waals surface area contributed by atoms with E-state index in [0.29, 0.717) is 18.0 Å². The van der Waals surface area contributed by atoms with Crippen LogP contribution in [0.15, 0.2) is 12.1 Å². The van der Waals surface area contributed by atoms with Gasteiger partial charge in [-0.2, -0.15) is 0 Å². The molecule has 0 atom stereocenters. The van der Waals surface area contributed by atoms with Crippen molar-refractivity contribution >= 4 is 5.69 Å². The fourth-order valence-electron chi connectivity index (χ4n) is 2.24. The lowest BCUT2D eigenvalue weighted by Crippen LogP contribution is -2.35. The number of nitrogens with zero attached hydrogens (tertiary/aromatic N) is 1. The molecule has 120 valence electrons. The van der Waals surface area contributed by atoms with Gasteiger partial charge in [0.15, 0.2) is 0 Å². The second-order valence-corrected chi connectivity index (χ2v) is 5.94. The summed E-state index contributed by atoms with van der Waals surface area (Å²) in [6.45, 7) is 9.13. The number of halogens is 2. The lowest BCUT2D eigenvalue weighted by molar-refractivity contribution is 0.298. The van der Waals surface area contributed by atoms with Gasteiger partial charge >= 0.3 is 0 Å². The first kappa shape index (κ1) is 17.9. The lowest BCUT2D eigenvalue weighted by atomic mass is 10.1. The normalized spacial score (nSPS) is 11.5. The minimum atomic E-state index is -0.585. The molecule has 5 heteroatoms. The Morgan fingerprint density at radius 1 is 1.14 bits per heavy atom. The van der Waals surface area contributed by atoms with Crippen LogP contribution >= 0.6 is 0 Å². The van der Waals surface area contributed by atoms with E-state index in [-0.39, 0.29) is 24.9 Å². The number of nitrogens with one attached hydrogen (secondary N) is 1. The van der Waals surface area contributed by atoms with Crippen molar-refractivity contribution in [2.75, 3.05) is 24.6 Å². The Labute approximate surface area is 126 Å². The third-order valence-electron chi connectivity index (χ3n) is 3.21. The van der Waals surface area contributed by atoms with E-state index < -0.39 is 11.6 Å². The van der Waals surface area contributed by atoms with Crippen molar-refractivity contribution in [3.63, 3.8) is 0 Å². The van der Waals surface area contributed by atoms with Gasteiger partial charge in [-0.25, -0.2) is 8.78 Å². The van der Waals surface area contributed by atoms with E-state index in [0.717, 1.165) is 6.54 Å². The summed E-state index contributed by atoms with van der Waals surface area (Å²) in [6, 6.07) is 2.63. The molecule has 0 saturated carbocycles. The van der Waals surface area contributed by atoms with Gasteiger partial charge in [0, 0.05) is 19.1 Å². The number of hydrogen-bond acceptors (Lipinski definition) is 3. The average molecular weight is 300 g/mol. The lowest BCUT2D eigenvalue weighted by Gasteiger charge is -2.29. The first-order chi connectivity index (χ1) is 9.86. The second kappa shape index (κ2) is 8.29. The molecule has 0 fully saturated rings. The molecule has 0 aliphatic heterocycles. The summed E-state index contributed by atoms with van der Waals surface area (Å²) in [5.41, 5.74) is 0.522. The maximum absolute atomic E-state index is 14.2. The zero-order valence-corrected chi connectivity index (χ0v) is 13.3. The molecule has 0 bridgehead atoms. The molecule has 0 radical (unpaired) electrons. The number of rotatable bonds is 8. The molecular weight excluding hydrogens is 274 g/mol. The molecule has 1 aromatic rings. The summed E-state index contributed by atoms with van der Waals surface area (Å²) < 4.78 is 28.5.